The van der Waals surface area contributed by atoms with E-state index in [-0.39, 0.29) is 5.56 Å². The SMILES string of the molecule is CC.Cc1cc(C)c(C(F)(F)F)cn1. The van der Waals surface area contributed by atoms with Gasteiger partial charge in [-0.2, -0.15) is 13.2 Å². The average Bonchev–Trinajstić information content (AvgIpc) is 2.05. The summed E-state index contributed by atoms with van der Waals surface area (Å²) >= 11 is 0. The van der Waals surface area contributed by atoms with Gasteiger partial charge in [-0.05, 0) is 25.5 Å². The zero-order valence-corrected chi connectivity index (χ0v) is 8.74. The molecule has 0 atom stereocenters. The third kappa shape index (κ3) is 3.36. The Morgan fingerprint density at radius 3 is 2.00 bits per heavy atom. The molecule has 0 aromatic carbocycles. The largest absolute Gasteiger partial charge is 0.418 e. The topological polar surface area (TPSA) is 12.9 Å². The lowest BCUT2D eigenvalue weighted by atomic mass is 10.1. The van der Waals surface area contributed by atoms with Crippen molar-refractivity contribution in [2.45, 2.75) is 33.9 Å². The van der Waals surface area contributed by atoms with E-state index < -0.39 is 11.7 Å². The number of aryl methyl sites for hydroxylation is 2. The molecule has 0 aliphatic carbocycles. The van der Waals surface area contributed by atoms with Crippen molar-refractivity contribution < 1.29 is 13.2 Å². The Morgan fingerprint density at radius 2 is 1.64 bits per heavy atom. The summed E-state index contributed by atoms with van der Waals surface area (Å²) in [4.78, 5) is 3.59. The van der Waals surface area contributed by atoms with Gasteiger partial charge in [0.2, 0.25) is 0 Å². The first kappa shape index (κ1) is 12.9. The lowest BCUT2D eigenvalue weighted by Crippen LogP contribution is -2.08. The zero-order valence-electron chi connectivity index (χ0n) is 8.74. The minimum absolute atomic E-state index is 0.218. The Hall–Kier alpha value is -1.06. The number of alkyl halides is 3. The summed E-state index contributed by atoms with van der Waals surface area (Å²) in [6.07, 6.45) is -3.42. The van der Waals surface area contributed by atoms with Crippen molar-refractivity contribution in [3.63, 3.8) is 0 Å². The highest BCUT2D eigenvalue weighted by Gasteiger charge is 2.32. The van der Waals surface area contributed by atoms with E-state index in [1.54, 1.807) is 6.92 Å². The Morgan fingerprint density at radius 1 is 1.14 bits per heavy atom. The number of rotatable bonds is 0. The average molecular weight is 205 g/mol. The van der Waals surface area contributed by atoms with Crippen LogP contribution >= 0.6 is 0 Å². The van der Waals surface area contributed by atoms with Crippen LogP contribution in [-0.2, 0) is 6.18 Å². The number of hydrogen-bond acceptors (Lipinski definition) is 1. The van der Waals surface area contributed by atoms with Crippen LogP contribution in [0.1, 0.15) is 30.7 Å². The van der Waals surface area contributed by atoms with Crippen molar-refractivity contribution in [1.29, 1.82) is 0 Å². The minimum Gasteiger partial charge on any atom is -0.261 e. The molecule has 0 saturated carbocycles. The number of aromatic nitrogens is 1. The molecule has 0 bridgehead atoms. The number of hydrogen-bond donors (Lipinski definition) is 0. The normalized spacial score (nSPS) is 10.5. The van der Waals surface area contributed by atoms with Crippen LogP contribution in [0, 0.1) is 13.8 Å². The van der Waals surface area contributed by atoms with E-state index >= 15 is 0 Å². The van der Waals surface area contributed by atoms with Crippen molar-refractivity contribution in [3.05, 3.63) is 29.1 Å². The second-order valence-corrected chi connectivity index (χ2v) is 2.64. The lowest BCUT2D eigenvalue weighted by Gasteiger charge is -2.09. The number of halogens is 3. The molecule has 1 nitrogen and oxygen atoms in total. The van der Waals surface area contributed by atoms with Gasteiger partial charge in [0, 0.05) is 11.9 Å². The van der Waals surface area contributed by atoms with Gasteiger partial charge in [0.1, 0.15) is 0 Å². The van der Waals surface area contributed by atoms with Crippen molar-refractivity contribution in [3.8, 4) is 0 Å². The molecular formula is C10H14F3N. The monoisotopic (exact) mass is 205 g/mol. The van der Waals surface area contributed by atoms with Crippen molar-refractivity contribution >= 4 is 0 Å². The Bertz CT molecular complexity index is 292. The second-order valence-electron chi connectivity index (χ2n) is 2.64. The standard InChI is InChI=1S/C8H8F3N.C2H6/c1-5-3-6(2)12-4-7(5)8(9,10)11;1-2/h3-4H,1-2H3;1-2H3. The molecule has 1 aromatic heterocycles. The van der Waals surface area contributed by atoms with Crippen LogP contribution in [0.25, 0.3) is 0 Å². The summed E-state index contributed by atoms with van der Waals surface area (Å²) in [7, 11) is 0. The summed E-state index contributed by atoms with van der Waals surface area (Å²) in [5, 5.41) is 0. The lowest BCUT2D eigenvalue weighted by molar-refractivity contribution is -0.138. The van der Waals surface area contributed by atoms with E-state index in [9.17, 15) is 13.2 Å². The maximum atomic E-state index is 12.1. The molecule has 1 aromatic rings. The fourth-order valence-electron chi connectivity index (χ4n) is 0.993. The van der Waals surface area contributed by atoms with Crippen LogP contribution in [-0.4, -0.2) is 4.98 Å². The first-order valence-electron chi connectivity index (χ1n) is 4.41. The van der Waals surface area contributed by atoms with Gasteiger partial charge in [-0.1, -0.05) is 13.8 Å². The Balaban J connectivity index is 0.000000791. The van der Waals surface area contributed by atoms with Crippen LogP contribution in [0.3, 0.4) is 0 Å². The highest BCUT2D eigenvalue weighted by molar-refractivity contribution is 5.27. The molecule has 0 aliphatic rings. The van der Waals surface area contributed by atoms with Crippen LogP contribution in [0.5, 0.6) is 0 Å². The molecule has 0 spiro atoms. The van der Waals surface area contributed by atoms with Crippen LogP contribution in [0.2, 0.25) is 0 Å². The van der Waals surface area contributed by atoms with Gasteiger partial charge in [0.15, 0.2) is 0 Å². The molecule has 0 fully saturated rings. The maximum absolute atomic E-state index is 12.1. The smallest absolute Gasteiger partial charge is 0.261 e. The summed E-state index contributed by atoms with van der Waals surface area (Å²) in [5.74, 6) is 0. The molecule has 0 unspecified atom stereocenters. The molecular weight excluding hydrogens is 191 g/mol. The number of pyridine rings is 1. The van der Waals surface area contributed by atoms with E-state index in [0.717, 1.165) is 6.20 Å². The highest BCUT2D eigenvalue weighted by atomic mass is 19.4. The molecule has 80 valence electrons. The van der Waals surface area contributed by atoms with E-state index in [1.165, 1.54) is 13.0 Å². The van der Waals surface area contributed by atoms with Gasteiger partial charge in [0.05, 0.1) is 5.56 Å². The molecule has 0 radical (unpaired) electrons. The third-order valence-electron chi connectivity index (χ3n) is 1.55. The van der Waals surface area contributed by atoms with Gasteiger partial charge in [-0.25, -0.2) is 0 Å². The molecule has 0 N–H and O–H groups in total. The van der Waals surface area contributed by atoms with Crippen LogP contribution in [0.15, 0.2) is 12.3 Å². The molecule has 1 rings (SSSR count). The summed E-state index contributed by atoms with van der Waals surface area (Å²) in [5.41, 5.74) is 0.156. The molecule has 4 heteroatoms. The van der Waals surface area contributed by atoms with E-state index in [0.29, 0.717) is 5.69 Å². The summed E-state index contributed by atoms with van der Waals surface area (Å²) < 4.78 is 36.4. The van der Waals surface area contributed by atoms with E-state index in [4.69, 9.17) is 0 Å². The Labute approximate surface area is 82.0 Å². The van der Waals surface area contributed by atoms with E-state index in [1.807, 2.05) is 13.8 Å². The fraction of sp³-hybridized carbons (Fsp3) is 0.500. The quantitative estimate of drug-likeness (QED) is 0.628. The fourth-order valence-corrected chi connectivity index (χ4v) is 0.993. The molecule has 14 heavy (non-hydrogen) atoms. The summed E-state index contributed by atoms with van der Waals surface area (Å²) in [6.45, 7) is 7.09. The number of nitrogens with zero attached hydrogens (tertiary/aromatic N) is 1. The summed E-state index contributed by atoms with van der Waals surface area (Å²) in [6, 6.07) is 1.42. The van der Waals surface area contributed by atoms with Gasteiger partial charge in [-0.15, -0.1) is 0 Å². The predicted octanol–water partition coefficient (Wildman–Crippen LogP) is 3.74. The van der Waals surface area contributed by atoms with Crippen LogP contribution < -0.4 is 0 Å². The first-order chi connectivity index (χ1) is 6.41. The molecule has 0 amide bonds. The van der Waals surface area contributed by atoms with Crippen molar-refractivity contribution in [2.24, 2.45) is 0 Å². The molecule has 0 saturated heterocycles. The van der Waals surface area contributed by atoms with E-state index in [2.05, 4.69) is 4.98 Å². The van der Waals surface area contributed by atoms with Crippen molar-refractivity contribution in [2.75, 3.05) is 0 Å². The molecule has 0 aliphatic heterocycles. The van der Waals surface area contributed by atoms with Crippen molar-refractivity contribution in [1.82, 2.24) is 4.98 Å². The minimum atomic E-state index is -4.29. The third-order valence-corrected chi connectivity index (χ3v) is 1.55. The predicted molar refractivity (Wildman–Crippen MR) is 50.1 cm³/mol. The first-order valence-corrected chi connectivity index (χ1v) is 4.41. The highest BCUT2D eigenvalue weighted by Crippen LogP contribution is 2.30. The molecule has 1 heterocycles. The second kappa shape index (κ2) is 4.98. The van der Waals surface area contributed by atoms with Gasteiger partial charge in [0.25, 0.3) is 0 Å². The van der Waals surface area contributed by atoms with Crippen LogP contribution in [0.4, 0.5) is 13.2 Å². The van der Waals surface area contributed by atoms with Gasteiger partial charge >= 0.3 is 6.18 Å². The zero-order chi connectivity index (χ0) is 11.4. The van der Waals surface area contributed by atoms with Gasteiger partial charge < -0.3 is 0 Å². The Kier molecular flexibility index (Phi) is 4.60. The van der Waals surface area contributed by atoms with Gasteiger partial charge in [-0.3, -0.25) is 4.98 Å². The maximum Gasteiger partial charge on any atom is 0.418 e.